The quantitative estimate of drug-likeness (QED) is 0.914. The second kappa shape index (κ2) is 6.82. The Balaban J connectivity index is 1.79. The smallest absolute Gasteiger partial charge is 0.354 e. The summed E-state index contributed by atoms with van der Waals surface area (Å²) in [5, 5.41) is 0.976. The van der Waals surface area contributed by atoms with Crippen LogP contribution < -0.4 is 4.90 Å². The lowest BCUT2D eigenvalue weighted by molar-refractivity contribution is -0.138. The van der Waals surface area contributed by atoms with Crippen LogP contribution in [0.25, 0.3) is 11.0 Å². The molecule has 0 amide bonds. The van der Waals surface area contributed by atoms with Crippen molar-refractivity contribution < 1.29 is 13.2 Å². The minimum Gasteiger partial charge on any atom is -0.354 e. The molecule has 0 spiro atoms. The molecule has 5 nitrogen and oxygen atoms in total. The van der Waals surface area contributed by atoms with Crippen LogP contribution in [0.15, 0.2) is 12.5 Å². The van der Waals surface area contributed by atoms with E-state index in [2.05, 4.69) is 26.8 Å². The Kier molecular flexibility index (Phi) is 4.90. The van der Waals surface area contributed by atoms with Crippen molar-refractivity contribution in [1.29, 1.82) is 0 Å². The van der Waals surface area contributed by atoms with Gasteiger partial charge in [0.1, 0.15) is 17.8 Å². The van der Waals surface area contributed by atoms with E-state index in [1.807, 2.05) is 25.1 Å². The Bertz CT molecular complexity index is 727. The standard InChI is InChI=1S/C17H24F3N5/c1-11-4-6-25(7-5-17(18,19)20)9-13(11)24(3)16-14-12(2)8-21-15(14)22-10-23-16/h8,10-11,13H,4-7,9H2,1-3H3,(H,21,22,23). The van der Waals surface area contributed by atoms with Crippen LogP contribution in [0.1, 0.15) is 25.3 Å². The van der Waals surface area contributed by atoms with Crippen LogP contribution in [-0.4, -0.2) is 58.8 Å². The van der Waals surface area contributed by atoms with E-state index in [1.165, 1.54) is 6.33 Å². The third-order valence-corrected chi connectivity index (χ3v) is 5.19. The van der Waals surface area contributed by atoms with Crippen molar-refractivity contribution in [3.63, 3.8) is 0 Å². The third-order valence-electron chi connectivity index (χ3n) is 5.19. The highest BCUT2D eigenvalue weighted by Crippen LogP contribution is 2.31. The summed E-state index contributed by atoms with van der Waals surface area (Å²) >= 11 is 0. The summed E-state index contributed by atoms with van der Waals surface area (Å²) < 4.78 is 37.6. The van der Waals surface area contributed by atoms with E-state index in [9.17, 15) is 13.2 Å². The number of likely N-dealkylation sites (N-methyl/N-ethyl adjacent to an activating group) is 1. The number of alkyl halides is 3. The molecule has 3 heterocycles. The number of halogens is 3. The molecule has 138 valence electrons. The number of nitrogens with one attached hydrogen (secondary N) is 1. The Hall–Kier alpha value is -1.83. The van der Waals surface area contributed by atoms with Crippen molar-refractivity contribution in [3.8, 4) is 0 Å². The molecular weight excluding hydrogens is 331 g/mol. The lowest BCUT2D eigenvalue weighted by Gasteiger charge is -2.42. The average Bonchev–Trinajstić information content (AvgIpc) is 2.94. The second-order valence-electron chi connectivity index (χ2n) is 7.00. The molecule has 1 aliphatic heterocycles. The molecule has 3 rings (SSSR count). The minimum absolute atomic E-state index is 0.0585. The first kappa shape index (κ1) is 18.0. The van der Waals surface area contributed by atoms with Gasteiger partial charge in [-0.1, -0.05) is 6.92 Å². The van der Waals surface area contributed by atoms with Crippen LogP contribution in [0, 0.1) is 12.8 Å². The molecule has 2 atom stereocenters. The first-order valence-corrected chi connectivity index (χ1v) is 8.57. The Morgan fingerprint density at radius 1 is 1.36 bits per heavy atom. The number of aromatic amines is 1. The van der Waals surface area contributed by atoms with Crippen molar-refractivity contribution in [3.05, 3.63) is 18.1 Å². The molecule has 2 aromatic heterocycles. The van der Waals surface area contributed by atoms with Crippen LogP contribution >= 0.6 is 0 Å². The lowest BCUT2D eigenvalue weighted by atomic mass is 9.92. The number of fused-ring (bicyclic) bond motifs is 1. The van der Waals surface area contributed by atoms with Gasteiger partial charge in [0.15, 0.2) is 0 Å². The Labute approximate surface area is 145 Å². The molecule has 8 heteroatoms. The fraction of sp³-hybridized carbons (Fsp3) is 0.647. The van der Waals surface area contributed by atoms with E-state index in [-0.39, 0.29) is 12.6 Å². The molecule has 2 aromatic rings. The topological polar surface area (TPSA) is 48.1 Å². The number of aryl methyl sites for hydroxylation is 1. The van der Waals surface area contributed by atoms with Gasteiger partial charge in [-0.25, -0.2) is 9.97 Å². The molecule has 0 aliphatic carbocycles. The molecular formula is C17H24F3N5. The van der Waals surface area contributed by atoms with Crippen molar-refractivity contribution in [2.24, 2.45) is 5.92 Å². The number of aromatic nitrogens is 3. The van der Waals surface area contributed by atoms with Crippen LogP contribution in [0.5, 0.6) is 0 Å². The predicted octanol–water partition coefficient (Wildman–Crippen LogP) is 3.37. The largest absolute Gasteiger partial charge is 0.390 e. The highest BCUT2D eigenvalue weighted by atomic mass is 19.4. The van der Waals surface area contributed by atoms with E-state index >= 15 is 0 Å². The number of hydrogen-bond donors (Lipinski definition) is 1. The summed E-state index contributed by atoms with van der Waals surface area (Å²) in [7, 11) is 1.97. The molecule has 0 aromatic carbocycles. The zero-order chi connectivity index (χ0) is 18.2. The summed E-state index contributed by atoms with van der Waals surface area (Å²) in [6.07, 6.45) is -0.555. The van der Waals surface area contributed by atoms with Gasteiger partial charge >= 0.3 is 6.18 Å². The summed E-state index contributed by atoms with van der Waals surface area (Å²) in [5.74, 6) is 1.22. The zero-order valence-corrected chi connectivity index (χ0v) is 14.8. The second-order valence-corrected chi connectivity index (χ2v) is 7.00. The van der Waals surface area contributed by atoms with E-state index in [4.69, 9.17) is 0 Å². The number of hydrogen-bond acceptors (Lipinski definition) is 4. The molecule has 1 aliphatic rings. The maximum Gasteiger partial charge on any atom is 0.390 e. The number of likely N-dealkylation sites (tertiary alicyclic amines) is 1. The van der Waals surface area contributed by atoms with Crippen molar-refractivity contribution in [2.45, 2.75) is 38.9 Å². The van der Waals surface area contributed by atoms with Gasteiger partial charge in [-0.15, -0.1) is 0 Å². The zero-order valence-electron chi connectivity index (χ0n) is 14.8. The van der Waals surface area contributed by atoms with Gasteiger partial charge in [0.2, 0.25) is 0 Å². The normalized spacial score (nSPS) is 22.5. The van der Waals surface area contributed by atoms with Crippen LogP contribution in [0.3, 0.4) is 0 Å². The molecule has 1 saturated heterocycles. The molecule has 0 radical (unpaired) electrons. The molecule has 0 saturated carbocycles. The molecule has 0 bridgehead atoms. The Morgan fingerprint density at radius 2 is 2.12 bits per heavy atom. The number of anilines is 1. The molecule has 1 fully saturated rings. The fourth-order valence-electron chi connectivity index (χ4n) is 3.63. The van der Waals surface area contributed by atoms with Gasteiger partial charge in [0, 0.05) is 32.4 Å². The van der Waals surface area contributed by atoms with Crippen LogP contribution in [0.4, 0.5) is 19.0 Å². The van der Waals surface area contributed by atoms with E-state index in [1.54, 1.807) is 0 Å². The third kappa shape index (κ3) is 3.89. The van der Waals surface area contributed by atoms with E-state index < -0.39 is 12.6 Å². The highest BCUT2D eigenvalue weighted by molar-refractivity contribution is 5.90. The monoisotopic (exact) mass is 355 g/mol. The van der Waals surface area contributed by atoms with E-state index in [0.29, 0.717) is 19.0 Å². The van der Waals surface area contributed by atoms with E-state index in [0.717, 1.165) is 28.8 Å². The Morgan fingerprint density at radius 3 is 2.84 bits per heavy atom. The van der Waals surface area contributed by atoms with Gasteiger partial charge in [-0.3, -0.25) is 0 Å². The minimum atomic E-state index is -4.11. The fourth-order valence-corrected chi connectivity index (χ4v) is 3.63. The van der Waals surface area contributed by atoms with Crippen molar-refractivity contribution in [1.82, 2.24) is 19.9 Å². The average molecular weight is 355 g/mol. The highest BCUT2D eigenvalue weighted by Gasteiger charge is 2.33. The first-order valence-electron chi connectivity index (χ1n) is 8.57. The summed E-state index contributed by atoms with van der Waals surface area (Å²) in [6, 6.07) is 0.120. The van der Waals surface area contributed by atoms with Gasteiger partial charge in [0.05, 0.1) is 11.8 Å². The van der Waals surface area contributed by atoms with Gasteiger partial charge in [-0.2, -0.15) is 13.2 Å². The van der Waals surface area contributed by atoms with Gasteiger partial charge < -0.3 is 14.8 Å². The first-order chi connectivity index (χ1) is 11.8. The summed E-state index contributed by atoms with van der Waals surface area (Å²) in [4.78, 5) is 15.9. The number of rotatable bonds is 4. The van der Waals surface area contributed by atoms with Gasteiger partial charge in [-0.05, 0) is 31.4 Å². The van der Waals surface area contributed by atoms with Crippen molar-refractivity contribution in [2.75, 3.05) is 31.6 Å². The maximum atomic E-state index is 12.5. The van der Waals surface area contributed by atoms with Crippen LogP contribution in [0.2, 0.25) is 0 Å². The SMILES string of the molecule is Cc1c[nH]c2ncnc(N(C)C3CN(CCC(F)(F)F)CCC3C)c12. The summed E-state index contributed by atoms with van der Waals surface area (Å²) in [6.45, 7) is 5.54. The molecule has 25 heavy (non-hydrogen) atoms. The number of nitrogens with zero attached hydrogens (tertiary/aromatic N) is 4. The molecule has 2 unspecified atom stereocenters. The summed E-state index contributed by atoms with van der Waals surface area (Å²) in [5.41, 5.74) is 1.85. The molecule has 1 N–H and O–H groups in total. The predicted molar refractivity (Wildman–Crippen MR) is 91.7 cm³/mol. The van der Waals surface area contributed by atoms with Crippen LogP contribution in [-0.2, 0) is 0 Å². The lowest BCUT2D eigenvalue weighted by Crippen LogP contribution is -2.51. The number of piperidine rings is 1. The maximum absolute atomic E-state index is 12.5. The van der Waals surface area contributed by atoms with Gasteiger partial charge in [0.25, 0.3) is 0 Å². The number of H-pyrrole nitrogens is 1. The van der Waals surface area contributed by atoms with Crippen molar-refractivity contribution >= 4 is 16.9 Å².